The number of hydrogen-bond donors (Lipinski definition) is 1. The average molecular weight is 267 g/mol. The van der Waals surface area contributed by atoms with Gasteiger partial charge in [-0.05, 0) is 12.8 Å². The molecule has 88 valence electrons. The summed E-state index contributed by atoms with van der Waals surface area (Å²) in [6, 6.07) is 0.0477. The summed E-state index contributed by atoms with van der Waals surface area (Å²) in [5, 5.41) is 0. The lowest BCUT2D eigenvalue weighted by atomic mass is 10.2. The second-order valence-corrected chi connectivity index (χ2v) is 7.23. The van der Waals surface area contributed by atoms with E-state index in [1.165, 1.54) is 0 Å². The first-order valence-corrected chi connectivity index (χ1v) is 7.84. The highest BCUT2D eigenvalue weighted by Crippen LogP contribution is 2.19. The molecule has 0 aromatic heterocycles. The summed E-state index contributed by atoms with van der Waals surface area (Å²) in [5.41, 5.74) is 0. The molecule has 1 heterocycles. The fraction of sp³-hybridized carbons (Fsp3) is 0.889. The van der Waals surface area contributed by atoms with Crippen molar-refractivity contribution in [2.45, 2.75) is 32.2 Å². The number of nitrogens with zero attached hydrogens (tertiary/aromatic N) is 1. The Morgan fingerprint density at radius 3 is 2.67 bits per heavy atom. The lowest BCUT2D eigenvalue weighted by Crippen LogP contribution is -2.38. The highest BCUT2D eigenvalue weighted by atomic mass is 32.2. The maximum absolute atomic E-state index is 11.3. The van der Waals surface area contributed by atoms with E-state index in [4.69, 9.17) is 12.2 Å². The molecule has 0 N–H and O–H groups in total. The molecule has 1 unspecified atom stereocenters. The molecule has 3 nitrogen and oxygen atoms in total. The molecule has 1 atom stereocenters. The monoisotopic (exact) mass is 267 g/mol. The maximum Gasteiger partial charge on any atom is 0.152 e. The summed E-state index contributed by atoms with van der Waals surface area (Å²) >= 11 is 9.20. The van der Waals surface area contributed by atoms with Crippen LogP contribution in [0.5, 0.6) is 0 Å². The first-order valence-electron chi connectivity index (χ1n) is 5.16. The highest BCUT2D eigenvalue weighted by molar-refractivity contribution is 8.10. The number of rotatable bonds is 4. The van der Waals surface area contributed by atoms with E-state index < -0.39 is 9.84 Å². The first-order chi connectivity index (χ1) is 6.96. The summed E-state index contributed by atoms with van der Waals surface area (Å²) < 4.78 is 23.2. The zero-order valence-corrected chi connectivity index (χ0v) is 11.4. The molecule has 0 aromatic rings. The van der Waals surface area contributed by atoms with Gasteiger partial charge in [-0.25, -0.2) is 8.42 Å². The standard InChI is InChI=1S/C9H17NO2S3/c1-2-3-5-10(9(13)14)8-4-6-15(11,12)7-8/h8H,2-7H2,1H3,(H,13,14). The first kappa shape index (κ1) is 13.3. The van der Waals surface area contributed by atoms with Crippen LogP contribution in [-0.4, -0.2) is 41.7 Å². The van der Waals surface area contributed by atoms with Gasteiger partial charge in [-0.3, -0.25) is 0 Å². The average Bonchev–Trinajstić information content (AvgIpc) is 2.46. The fourth-order valence-corrected chi connectivity index (χ4v) is 4.02. The summed E-state index contributed by atoms with van der Waals surface area (Å²) in [5.74, 6) is 0.522. The third-order valence-electron chi connectivity index (χ3n) is 2.65. The topological polar surface area (TPSA) is 37.4 Å². The van der Waals surface area contributed by atoms with Crippen LogP contribution < -0.4 is 0 Å². The van der Waals surface area contributed by atoms with Gasteiger partial charge in [0.1, 0.15) is 4.32 Å². The lowest BCUT2D eigenvalue weighted by Gasteiger charge is -2.28. The van der Waals surface area contributed by atoms with Crippen LogP contribution in [0.4, 0.5) is 0 Å². The molecule has 6 heteroatoms. The van der Waals surface area contributed by atoms with Gasteiger partial charge in [-0.1, -0.05) is 25.6 Å². The molecule has 0 amide bonds. The van der Waals surface area contributed by atoms with Crippen LogP contribution in [0, 0.1) is 0 Å². The maximum atomic E-state index is 11.3. The third-order valence-corrected chi connectivity index (χ3v) is 4.89. The Balaban J connectivity index is 2.61. The van der Waals surface area contributed by atoms with Crippen molar-refractivity contribution in [3.63, 3.8) is 0 Å². The molecule has 1 aliphatic heterocycles. The van der Waals surface area contributed by atoms with Crippen molar-refractivity contribution >= 4 is 39.0 Å². The van der Waals surface area contributed by atoms with Gasteiger partial charge in [0.05, 0.1) is 11.5 Å². The number of unbranched alkanes of at least 4 members (excludes halogenated alkanes) is 1. The third kappa shape index (κ3) is 3.92. The Labute approximate surface area is 103 Å². The van der Waals surface area contributed by atoms with Crippen LogP contribution in [0.1, 0.15) is 26.2 Å². The molecule has 0 aliphatic carbocycles. The van der Waals surface area contributed by atoms with E-state index >= 15 is 0 Å². The minimum absolute atomic E-state index is 0.0477. The minimum atomic E-state index is -2.83. The second kappa shape index (κ2) is 5.50. The van der Waals surface area contributed by atoms with Crippen molar-refractivity contribution in [3.05, 3.63) is 0 Å². The number of sulfone groups is 1. The zero-order chi connectivity index (χ0) is 11.5. The normalized spacial score (nSPS) is 24.0. The van der Waals surface area contributed by atoms with E-state index in [1.807, 2.05) is 4.90 Å². The van der Waals surface area contributed by atoms with E-state index in [1.54, 1.807) is 0 Å². The molecular weight excluding hydrogens is 250 g/mol. The summed E-state index contributed by atoms with van der Waals surface area (Å²) in [6.45, 7) is 2.92. The number of thiol groups is 1. The molecule has 1 rings (SSSR count). The van der Waals surface area contributed by atoms with Gasteiger partial charge in [0.15, 0.2) is 9.84 Å². The van der Waals surface area contributed by atoms with Gasteiger partial charge < -0.3 is 4.90 Å². The van der Waals surface area contributed by atoms with E-state index in [9.17, 15) is 8.42 Å². The zero-order valence-electron chi connectivity index (χ0n) is 8.85. The van der Waals surface area contributed by atoms with E-state index in [-0.39, 0.29) is 17.5 Å². The molecule has 0 bridgehead atoms. The van der Waals surface area contributed by atoms with E-state index in [0.717, 1.165) is 19.4 Å². The number of thiocarbonyl (C=S) groups is 1. The van der Waals surface area contributed by atoms with Crippen molar-refractivity contribution in [2.75, 3.05) is 18.1 Å². The van der Waals surface area contributed by atoms with Gasteiger partial charge in [0.25, 0.3) is 0 Å². The molecular formula is C9H17NO2S3. The summed E-state index contributed by atoms with van der Waals surface area (Å²) in [6.07, 6.45) is 2.79. The Morgan fingerprint density at radius 2 is 2.27 bits per heavy atom. The van der Waals surface area contributed by atoms with Crippen molar-refractivity contribution in [3.8, 4) is 0 Å². The van der Waals surface area contributed by atoms with Crippen molar-refractivity contribution in [1.29, 1.82) is 0 Å². The molecule has 15 heavy (non-hydrogen) atoms. The van der Waals surface area contributed by atoms with Crippen molar-refractivity contribution in [1.82, 2.24) is 4.90 Å². The summed E-state index contributed by atoms with van der Waals surface area (Å²) in [7, 11) is -2.83. The molecule has 1 aliphatic rings. The minimum Gasteiger partial charge on any atom is -0.354 e. The highest BCUT2D eigenvalue weighted by Gasteiger charge is 2.32. The van der Waals surface area contributed by atoms with Crippen molar-refractivity contribution in [2.24, 2.45) is 0 Å². The lowest BCUT2D eigenvalue weighted by molar-refractivity contribution is 0.340. The molecule has 1 fully saturated rings. The van der Waals surface area contributed by atoms with E-state index in [2.05, 4.69) is 19.6 Å². The molecule has 0 aromatic carbocycles. The van der Waals surface area contributed by atoms with Crippen LogP contribution in [0.15, 0.2) is 0 Å². The van der Waals surface area contributed by atoms with Gasteiger partial charge >= 0.3 is 0 Å². The largest absolute Gasteiger partial charge is 0.354 e. The number of hydrogen-bond acceptors (Lipinski definition) is 3. The SMILES string of the molecule is CCCCN(C(=S)S)C1CCS(=O)(=O)C1. The van der Waals surface area contributed by atoms with E-state index in [0.29, 0.717) is 10.7 Å². The van der Waals surface area contributed by atoms with Crippen molar-refractivity contribution < 1.29 is 8.42 Å². The van der Waals surface area contributed by atoms with Crippen LogP contribution >= 0.6 is 24.8 Å². The van der Waals surface area contributed by atoms with Gasteiger partial charge in [0.2, 0.25) is 0 Å². The molecule has 0 saturated carbocycles. The van der Waals surface area contributed by atoms with Gasteiger partial charge in [-0.2, -0.15) is 0 Å². The smallest absolute Gasteiger partial charge is 0.152 e. The predicted octanol–water partition coefficient (Wildman–Crippen LogP) is 1.49. The Bertz CT molecular complexity index is 326. The molecule has 1 saturated heterocycles. The van der Waals surface area contributed by atoms with Crippen LogP contribution in [0.2, 0.25) is 0 Å². The fourth-order valence-electron chi connectivity index (χ4n) is 1.78. The van der Waals surface area contributed by atoms with Gasteiger partial charge in [0, 0.05) is 12.6 Å². The molecule has 0 spiro atoms. The quantitative estimate of drug-likeness (QED) is 0.618. The predicted molar refractivity (Wildman–Crippen MR) is 70.3 cm³/mol. The Hall–Kier alpha value is 0.190. The van der Waals surface area contributed by atoms with Gasteiger partial charge in [-0.15, -0.1) is 12.6 Å². The Morgan fingerprint density at radius 1 is 1.60 bits per heavy atom. The second-order valence-electron chi connectivity index (χ2n) is 3.89. The van der Waals surface area contributed by atoms with Crippen LogP contribution in [0.3, 0.4) is 0 Å². The molecule has 0 radical (unpaired) electrons. The van der Waals surface area contributed by atoms with Crippen LogP contribution in [-0.2, 0) is 9.84 Å². The van der Waals surface area contributed by atoms with Crippen LogP contribution in [0.25, 0.3) is 0 Å². The Kier molecular flexibility index (Phi) is 4.86. The summed E-state index contributed by atoms with van der Waals surface area (Å²) in [4.78, 5) is 1.95.